The molecule has 0 heterocycles. The van der Waals surface area contributed by atoms with Crippen LogP contribution < -0.4 is 0 Å². The third-order valence-corrected chi connectivity index (χ3v) is 13.2. The highest BCUT2D eigenvalue weighted by Gasteiger charge is 2.64. The molecule has 1 aromatic rings. The summed E-state index contributed by atoms with van der Waals surface area (Å²) in [5.74, 6) is 2.57. The van der Waals surface area contributed by atoms with Crippen LogP contribution in [0, 0.1) is 53.3 Å². The van der Waals surface area contributed by atoms with Gasteiger partial charge in [-0.1, -0.05) is 38.5 Å². The maximum Gasteiger partial charge on any atom is 0.305 e. The first-order chi connectivity index (χ1) is 18.4. The van der Waals surface area contributed by atoms with Crippen LogP contribution >= 0.6 is 0 Å². The Kier molecular flexibility index (Phi) is 7.82. The van der Waals surface area contributed by atoms with Gasteiger partial charge in [-0.05, 0) is 111 Å². The molecule has 0 radical (unpaired) electrons. The minimum absolute atomic E-state index is 0.0436. The molecule has 0 aromatic heterocycles. The number of methoxy groups -OCH3 is 1. The van der Waals surface area contributed by atoms with Gasteiger partial charge in [-0.3, -0.25) is 13.8 Å². The van der Waals surface area contributed by atoms with E-state index in [-0.39, 0.29) is 27.8 Å². The molecule has 4 saturated carbocycles. The van der Waals surface area contributed by atoms with Crippen LogP contribution in [0.5, 0.6) is 0 Å². The number of ether oxygens (including phenoxy) is 1. The van der Waals surface area contributed by atoms with E-state index in [9.17, 15) is 18.0 Å². The Labute approximate surface area is 234 Å². The minimum atomic E-state index is -3.80. The molecule has 216 valence electrons. The summed E-state index contributed by atoms with van der Waals surface area (Å²) in [5.41, 5.74) is 0.756. The second-order valence-corrected chi connectivity index (χ2v) is 15.2. The monoisotopic (exact) mass is 558 g/mol. The van der Waals surface area contributed by atoms with Crippen molar-refractivity contribution in [1.29, 1.82) is 0 Å². The lowest BCUT2D eigenvalue weighted by Crippen LogP contribution is -2.57. The van der Waals surface area contributed by atoms with Gasteiger partial charge in [-0.25, -0.2) is 0 Å². The van der Waals surface area contributed by atoms with Gasteiger partial charge in [0.1, 0.15) is 5.78 Å². The van der Waals surface area contributed by atoms with Gasteiger partial charge < -0.3 is 4.74 Å². The quantitative estimate of drug-likeness (QED) is 0.281. The van der Waals surface area contributed by atoms with Crippen LogP contribution in [0.1, 0.15) is 90.5 Å². The van der Waals surface area contributed by atoms with Crippen molar-refractivity contribution in [3.8, 4) is 0 Å². The standard InChI is InChI=1S/C32H46O6S/c1-20-6-10-24(11-7-20)39(35,36)38-23-16-17-31(3)22(18-23)9-12-25-27-14-13-26(21(2)8-15-30(34)37-5)32(27,4)29(33)19-28(25)31/h6-7,10-11,21-23,25-28H,8-9,12-19H2,1-5H3/t21?,22-,23-,25?,26?,27?,28?,31?,32?/m1/s1. The molecule has 5 rings (SSSR count). The van der Waals surface area contributed by atoms with Crippen LogP contribution in [0.25, 0.3) is 0 Å². The molecule has 0 N–H and O–H groups in total. The summed E-state index contributed by atoms with van der Waals surface area (Å²) in [7, 11) is -2.36. The lowest BCUT2D eigenvalue weighted by atomic mass is 9.44. The zero-order valence-electron chi connectivity index (χ0n) is 24.3. The Balaban J connectivity index is 1.28. The molecule has 7 unspecified atom stereocenters. The molecule has 0 spiro atoms. The van der Waals surface area contributed by atoms with Crippen molar-refractivity contribution in [2.75, 3.05) is 7.11 Å². The van der Waals surface area contributed by atoms with Crippen LogP contribution in [0.4, 0.5) is 0 Å². The minimum Gasteiger partial charge on any atom is -0.469 e. The fraction of sp³-hybridized carbons (Fsp3) is 0.750. The number of ketones is 1. The molecule has 4 aliphatic rings. The summed E-state index contributed by atoms with van der Waals surface area (Å²) in [6, 6.07) is 6.85. The molecule has 4 aliphatic carbocycles. The van der Waals surface area contributed by atoms with E-state index < -0.39 is 10.1 Å². The van der Waals surface area contributed by atoms with E-state index >= 15 is 0 Å². The number of rotatable bonds is 7. The Morgan fingerprint density at radius 3 is 2.46 bits per heavy atom. The maximum absolute atomic E-state index is 14.0. The van der Waals surface area contributed by atoms with Crippen molar-refractivity contribution in [2.24, 2.45) is 46.3 Å². The number of carbonyl (C=O) groups excluding carboxylic acids is 2. The fourth-order valence-corrected chi connectivity index (χ4v) is 10.7. The second kappa shape index (κ2) is 10.6. The van der Waals surface area contributed by atoms with Gasteiger partial charge in [0.2, 0.25) is 0 Å². The number of carbonyl (C=O) groups is 2. The van der Waals surface area contributed by atoms with E-state index in [1.54, 1.807) is 24.3 Å². The van der Waals surface area contributed by atoms with Gasteiger partial charge in [0.05, 0.1) is 18.1 Å². The summed E-state index contributed by atoms with van der Waals surface area (Å²) < 4.78 is 36.6. The fourth-order valence-electron chi connectivity index (χ4n) is 9.54. The highest BCUT2D eigenvalue weighted by Crippen LogP contribution is 2.67. The van der Waals surface area contributed by atoms with Crippen LogP contribution in [-0.4, -0.2) is 33.4 Å². The number of hydrogen-bond donors (Lipinski definition) is 0. The third kappa shape index (κ3) is 5.00. The maximum atomic E-state index is 14.0. The highest BCUT2D eigenvalue weighted by atomic mass is 32.2. The average molecular weight is 559 g/mol. The first-order valence-electron chi connectivity index (χ1n) is 15.0. The van der Waals surface area contributed by atoms with E-state index in [4.69, 9.17) is 8.92 Å². The van der Waals surface area contributed by atoms with Crippen LogP contribution in [-0.2, 0) is 28.6 Å². The van der Waals surface area contributed by atoms with Gasteiger partial charge in [0.15, 0.2) is 0 Å². The number of benzene rings is 1. The number of Topliss-reactive ketones (excluding diaryl/α,β-unsaturated/α-hetero) is 1. The molecule has 0 bridgehead atoms. The SMILES string of the molecule is COC(=O)CCC(C)C1CCC2C3CC[C@@H]4C[C@H](OS(=O)(=O)c5ccc(C)cc5)CCC4(C)C3CC(=O)C12C. The van der Waals surface area contributed by atoms with E-state index in [0.29, 0.717) is 60.6 Å². The van der Waals surface area contributed by atoms with Crippen LogP contribution in [0.2, 0.25) is 0 Å². The number of esters is 1. The first kappa shape index (κ1) is 28.8. The highest BCUT2D eigenvalue weighted by molar-refractivity contribution is 7.86. The summed E-state index contributed by atoms with van der Waals surface area (Å²) in [4.78, 5) is 26.0. The molecular formula is C32H46O6S. The normalized spacial score (nSPS) is 38.8. The Morgan fingerprint density at radius 1 is 1.05 bits per heavy atom. The van der Waals surface area contributed by atoms with Gasteiger partial charge in [0, 0.05) is 18.3 Å². The predicted molar refractivity (Wildman–Crippen MR) is 149 cm³/mol. The largest absolute Gasteiger partial charge is 0.469 e. The van der Waals surface area contributed by atoms with Crippen LogP contribution in [0.3, 0.4) is 0 Å². The molecule has 0 aliphatic heterocycles. The molecule has 39 heavy (non-hydrogen) atoms. The lowest BCUT2D eigenvalue weighted by Gasteiger charge is -2.60. The summed E-state index contributed by atoms with van der Waals surface area (Å²) in [6.07, 6.45) is 8.22. The zero-order chi connectivity index (χ0) is 28.2. The van der Waals surface area contributed by atoms with Gasteiger partial charge >= 0.3 is 5.97 Å². The van der Waals surface area contributed by atoms with Crippen LogP contribution in [0.15, 0.2) is 29.2 Å². The van der Waals surface area contributed by atoms with Crippen molar-refractivity contribution in [3.63, 3.8) is 0 Å². The van der Waals surface area contributed by atoms with Crippen molar-refractivity contribution >= 4 is 21.9 Å². The van der Waals surface area contributed by atoms with Crippen molar-refractivity contribution in [1.82, 2.24) is 0 Å². The van der Waals surface area contributed by atoms with Gasteiger partial charge in [0.25, 0.3) is 10.1 Å². The van der Waals surface area contributed by atoms with E-state index in [0.717, 1.165) is 50.5 Å². The Morgan fingerprint density at radius 2 is 1.77 bits per heavy atom. The predicted octanol–water partition coefficient (Wildman–Crippen LogP) is 6.50. The molecule has 0 amide bonds. The smallest absolute Gasteiger partial charge is 0.305 e. The first-order valence-corrected chi connectivity index (χ1v) is 16.4. The third-order valence-electron chi connectivity index (χ3n) is 11.8. The molecule has 7 heteroatoms. The zero-order valence-corrected chi connectivity index (χ0v) is 25.1. The molecule has 6 nitrogen and oxygen atoms in total. The topological polar surface area (TPSA) is 86.7 Å². The van der Waals surface area contributed by atoms with E-state index in [2.05, 4.69) is 20.8 Å². The summed E-state index contributed by atoms with van der Waals surface area (Å²) >= 11 is 0. The van der Waals surface area contributed by atoms with Gasteiger partial charge in [-0.15, -0.1) is 0 Å². The molecule has 1 aromatic carbocycles. The Hall–Kier alpha value is -1.73. The van der Waals surface area contributed by atoms with Crippen molar-refractivity contribution < 1.29 is 26.9 Å². The van der Waals surface area contributed by atoms with Crippen molar-refractivity contribution in [2.45, 2.75) is 103 Å². The molecular weight excluding hydrogens is 512 g/mol. The lowest BCUT2D eigenvalue weighted by molar-refractivity contribution is -0.160. The van der Waals surface area contributed by atoms with E-state index in [1.165, 1.54) is 7.11 Å². The number of fused-ring (bicyclic) bond motifs is 5. The number of hydrogen-bond acceptors (Lipinski definition) is 6. The van der Waals surface area contributed by atoms with Gasteiger partial charge in [-0.2, -0.15) is 8.42 Å². The molecule has 0 saturated heterocycles. The van der Waals surface area contributed by atoms with E-state index in [1.807, 2.05) is 6.92 Å². The molecule has 4 fully saturated rings. The van der Waals surface area contributed by atoms with Crippen molar-refractivity contribution in [3.05, 3.63) is 29.8 Å². The second-order valence-electron chi connectivity index (χ2n) is 13.6. The Bertz CT molecular complexity index is 1190. The summed E-state index contributed by atoms with van der Waals surface area (Å²) in [6.45, 7) is 8.76. The average Bonchev–Trinajstić information content (AvgIpc) is 3.26. The summed E-state index contributed by atoms with van der Waals surface area (Å²) in [5, 5.41) is 0. The number of aryl methyl sites for hydroxylation is 1. The molecule has 9 atom stereocenters.